The molecule has 5 N–H and O–H groups in total. The average molecular weight is 339 g/mol. The molecule has 0 bridgehead atoms. The van der Waals surface area contributed by atoms with Crippen molar-refractivity contribution < 1.29 is 30.3 Å². The van der Waals surface area contributed by atoms with Gasteiger partial charge in [-0.05, 0) is 29.8 Å². The number of rotatable bonds is 3. The molecule has 1 heterocycles. The zero-order valence-electron chi connectivity index (χ0n) is 12.8. The van der Waals surface area contributed by atoms with E-state index in [4.69, 9.17) is 5.11 Å². The second-order valence-electron chi connectivity index (χ2n) is 5.38. The Hall–Kier alpha value is -3.74. The van der Waals surface area contributed by atoms with Crippen molar-refractivity contribution in [3.8, 4) is 23.0 Å². The van der Waals surface area contributed by atoms with Crippen molar-refractivity contribution in [3.05, 3.63) is 59.8 Å². The lowest BCUT2D eigenvalue weighted by Crippen LogP contribution is -1.98. The predicted octanol–water partition coefficient (Wildman–Crippen LogP) is 2.82. The molecule has 2 aromatic carbocycles. The van der Waals surface area contributed by atoms with E-state index >= 15 is 0 Å². The molecule has 0 spiro atoms. The first-order valence-electron chi connectivity index (χ1n) is 7.10. The number of fused-ring (bicyclic) bond motifs is 1. The number of carbonyl (C=O) groups is 1. The van der Waals surface area contributed by atoms with Crippen LogP contribution < -0.4 is 0 Å². The summed E-state index contributed by atoms with van der Waals surface area (Å²) in [6, 6.07) is 8.45. The summed E-state index contributed by atoms with van der Waals surface area (Å²) in [7, 11) is 0. The van der Waals surface area contributed by atoms with Crippen LogP contribution in [0, 0.1) is 0 Å². The van der Waals surface area contributed by atoms with Crippen molar-refractivity contribution >= 4 is 22.4 Å². The molecular formula is C18H13NO6. The highest BCUT2D eigenvalue weighted by Crippen LogP contribution is 2.38. The number of aromatic hydroxyl groups is 4. The molecule has 0 amide bonds. The minimum Gasteiger partial charge on any atom is -0.505 e. The number of pyridine rings is 1. The number of benzene rings is 2. The molecule has 126 valence electrons. The molecule has 0 aliphatic heterocycles. The lowest BCUT2D eigenvalue weighted by molar-refractivity contribution is 0.0694. The first-order chi connectivity index (χ1) is 11.8. The SMILES string of the molecule is C=C(c1cc(O)c(O)c(O)c1)c1ccc2ccc(C(=O)O)c(O)c2n1. The Bertz CT molecular complexity index is 1020. The van der Waals surface area contributed by atoms with Crippen LogP contribution in [0.5, 0.6) is 23.0 Å². The van der Waals surface area contributed by atoms with Gasteiger partial charge < -0.3 is 25.5 Å². The standard InChI is InChI=1S/C18H13NO6/c1-8(10-6-13(20)17(23)14(21)7-10)12-5-3-9-2-4-11(18(24)25)16(22)15(9)19-12/h2-7,20-23H,1H2,(H,24,25). The Morgan fingerprint density at radius 2 is 1.52 bits per heavy atom. The van der Waals surface area contributed by atoms with Gasteiger partial charge in [-0.1, -0.05) is 18.7 Å². The van der Waals surface area contributed by atoms with Gasteiger partial charge in [-0.3, -0.25) is 0 Å². The lowest BCUT2D eigenvalue weighted by Gasteiger charge is -2.10. The summed E-state index contributed by atoms with van der Waals surface area (Å²) in [5, 5.41) is 48.4. The molecule has 7 heteroatoms. The number of phenols is 4. The predicted molar refractivity (Wildman–Crippen MR) is 89.9 cm³/mol. The van der Waals surface area contributed by atoms with Gasteiger partial charge in [-0.2, -0.15) is 0 Å². The molecule has 25 heavy (non-hydrogen) atoms. The van der Waals surface area contributed by atoms with Crippen molar-refractivity contribution in [1.82, 2.24) is 4.98 Å². The highest BCUT2D eigenvalue weighted by Gasteiger charge is 2.16. The number of aromatic carboxylic acids is 1. The second-order valence-corrected chi connectivity index (χ2v) is 5.38. The number of phenolic OH excluding ortho intramolecular Hbond substituents is 3. The maximum Gasteiger partial charge on any atom is 0.339 e. The van der Waals surface area contributed by atoms with E-state index in [0.717, 1.165) is 0 Å². The van der Waals surface area contributed by atoms with E-state index in [1.54, 1.807) is 12.1 Å². The molecule has 0 aliphatic rings. The molecule has 3 aromatic rings. The maximum absolute atomic E-state index is 11.1. The summed E-state index contributed by atoms with van der Waals surface area (Å²) in [5.74, 6) is -3.43. The highest BCUT2D eigenvalue weighted by atomic mass is 16.4. The van der Waals surface area contributed by atoms with Crippen LogP contribution in [0.25, 0.3) is 16.5 Å². The fourth-order valence-electron chi connectivity index (χ4n) is 2.44. The Labute approximate surface area is 141 Å². The summed E-state index contributed by atoms with van der Waals surface area (Å²) in [6.07, 6.45) is 0. The molecule has 1 aromatic heterocycles. The van der Waals surface area contributed by atoms with Gasteiger partial charge in [0.1, 0.15) is 11.1 Å². The first-order valence-corrected chi connectivity index (χ1v) is 7.10. The van der Waals surface area contributed by atoms with Crippen LogP contribution in [0.2, 0.25) is 0 Å². The van der Waals surface area contributed by atoms with E-state index in [0.29, 0.717) is 22.2 Å². The number of hydrogen-bond donors (Lipinski definition) is 5. The first kappa shape index (κ1) is 16.1. The van der Waals surface area contributed by atoms with Gasteiger partial charge in [0, 0.05) is 11.0 Å². The normalized spacial score (nSPS) is 10.7. The van der Waals surface area contributed by atoms with Gasteiger partial charge in [0.25, 0.3) is 0 Å². The van der Waals surface area contributed by atoms with Crippen LogP contribution in [0.1, 0.15) is 21.6 Å². The Morgan fingerprint density at radius 1 is 0.920 bits per heavy atom. The van der Waals surface area contributed by atoms with E-state index in [2.05, 4.69) is 11.6 Å². The smallest absolute Gasteiger partial charge is 0.339 e. The molecular weight excluding hydrogens is 326 g/mol. The molecule has 0 atom stereocenters. The fourth-order valence-corrected chi connectivity index (χ4v) is 2.44. The molecule has 0 saturated heterocycles. The Morgan fingerprint density at radius 3 is 2.12 bits per heavy atom. The zero-order chi connectivity index (χ0) is 18.3. The minimum atomic E-state index is -1.28. The molecule has 0 radical (unpaired) electrons. The topological polar surface area (TPSA) is 131 Å². The Kier molecular flexibility index (Phi) is 3.69. The lowest BCUT2D eigenvalue weighted by atomic mass is 10.0. The largest absolute Gasteiger partial charge is 0.505 e. The quantitative estimate of drug-likeness (QED) is 0.464. The van der Waals surface area contributed by atoms with Gasteiger partial charge in [0.05, 0.1) is 5.69 Å². The van der Waals surface area contributed by atoms with E-state index in [1.165, 1.54) is 24.3 Å². The van der Waals surface area contributed by atoms with Crippen LogP contribution >= 0.6 is 0 Å². The summed E-state index contributed by atoms with van der Waals surface area (Å²) in [6.45, 7) is 3.84. The number of nitrogens with zero attached hydrogens (tertiary/aromatic N) is 1. The second kappa shape index (κ2) is 5.72. The number of aromatic nitrogens is 1. The van der Waals surface area contributed by atoms with Crippen LogP contribution in [0.15, 0.2) is 43.0 Å². The van der Waals surface area contributed by atoms with E-state index in [9.17, 15) is 25.2 Å². The Balaban J connectivity index is 2.14. The van der Waals surface area contributed by atoms with Crippen molar-refractivity contribution in [3.63, 3.8) is 0 Å². The molecule has 3 rings (SSSR count). The third-order valence-corrected chi connectivity index (χ3v) is 3.79. The van der Waals surface area contributed by atoms with E-state index < -0.39 is 29.0 Å². The van der Waals surface area contributed by atoms with Gasteiger partial charge in [0.15, 0.2) is 23.0 Å². The van der Waals surface area contributed by atoms with Gasteiger partial charge >= 0.3 is 5.97 Å². The summed E-state index contributed by atoms with van der Waals surface area (Å²) < 4.78 is 0. The molecule has 0 unspecified atom stereocenters. The van der Waals surface area contributed by atoms with Crippen molar-refractivity contribution in [2.45, 2.75) is 0 Å². The van der Waals surface area contributed by atoms with Crippen LogP contribution in [0.3, 0.4) is 0 Å². The monoisotopic (exact) mass is 339 g/mol. The van der Waals surface area contributed by atoms with Crippen molar-refractivity contribution in [2.75, 3.05) is 0 Å². The summed E-state index contributed by atoms with van der Waals surface area (Å²) >= 11 is 0. The summed E-state index contributed by atoms with van der Waals surface area (Å²) in [4.78, 5) is 15.4. The summed E-state index contributed by atoms with van der Waals surface area (Å²) in [5.41, 5.74) is 0.712. The number of carboxylic acids is 1. The van der Waals surface area contributed by atoms with Gasteiger partial charge in [0.2, 0.25) is 0 Å². The fraction of sp³-hybridized carbons (Fsp3) is 0. The maximum atomic E-state index is 11.1. The third-order valence-electron chi connectivity index (χ3n) is 3.79. The van der Waals surface area contributed by atoms with Crippen LogP contribution in [-0.4, -0.2) is 36.5 Å². The van der Waals surface area contributed by atoms with Gasteiger partial charge in [-0.15, -0.1) is 0 Å². The van der Waals surface area contributed by atoms with Crippen molar-refractivity contribution in [1.29, 1.82) is 0 Å². The molecule has 0 saturated carbocycles. The van der Waals surface area contributed by atoms with Crippen LogP contribution in [0.4, 0.5) is 0 Å². The average Bonchev–Trinajstić information content (AvgIpc) is 2.58. The number of hydrogen-bond acceptors (Lipinski definition) is 6. The molecule has 0 fully saturated rings. The van der Waals surface area contributed by atoms with Crippen molar-refractivity contribution in [2.24, 2.45) is 0 Å². The minimum absolute atomic E-state index is 0.0887. The number of carboxylic acid groups (broad SMARTS) is 1. The molecule has 0 aliphatic carbocycles. The van der Waals surface area contributed by atoms with E-state index in [-0.39, 0.29) is 11.1 Å². The van der Waals surface area contributed by atoms with Crippen LogP contribution in [-0.2, 0) is 0 Å². The zero-order valence-corrected chi connectivity index (χ0v) is 12.8. The third kappa shape index (κ3) is 2.67. The highest BCUT2D eigenvalue weighted by molar-refractivity contribution is 5.99. The van der Waals surface area contributed by atoms with Gasteiger partial charge in [-0.25, -0.2) is 9.78 Å². The molecule has 7 nitrogen and oxygen atoms in total. The van der Waals surface area contributed by atoms with E-state index in [1.807, 2.05) is 0 Å².